The van der Waals surface area contributed by atoms with Crippen molar-refractivity contribution < 1.29 is 14.7 Å². The quantitative estimate of drug-likeness (QED) is 0.217. The lowest BCUT2D eigenvalue weighted by atomic mass is 9.96. The predicted molar refractivity (Wildman–Crippen MR) is 141 cm³/mol. The molecule has 3 heterocycles. The number of aromatic nitrogens is 2. The van der Waals surface area contributed by atoms with E-state index in [4.69, 9.17) is 0 Å². The highest BCUT2D eigenvalue weighted by atomic mass is 16.3. The molecule has 188 valence electrons. The molecule has 6 N–H and O–H groups in total. The summed E-state index contributed by atoms with van der Waals surface area (Å²) in [5, 5.41) is 21.5. The highest BCUT2D eigenvalue weighted by Crippen LogP contribution is 2.21. The van der Waals surface area contributed by atoms with Gasteiger partial charge in [-0.15, -0.1) is 0 Å². The van der Waals surface area contributed by atoms with Gasteiger partial charge < -0.3 is 31.0 Å². The van der Waals surface area contributed by atoms with E-state index >= 15 is 0 Å². The lowest BCUT2D eigenvalue weighted by Gasteiger charge is -2.26. The fourth-order valence-corrected chi connectivity index (χ4v) is 5.13. The van der Waals surface area contributed by atoms with Crippen LogP contribution in [0.5, 0.6) is 0 Å². The van der Waals surface area contributed by atoms with E-state index in [2.05, 4.69) is 25.9 Å². The molecule has 1 aliphatic heterocycles. The zero-order valence-electron chi connectivity index (χ0n) is 20.2. The van der Waals surface area contributed by atoms with Crippen molar-refractivity contribution in [1.29, 1.82) is 0 Å². The Morgan fingerprint density at radius 3 is 2.06 bits per heavy atom. The van der Waals surface area contributed by atoms with Crippen molar-refractivity contribution in [2.75, 3.05) is 19.7 Å². The fraction of sp³-hybridized carbons (Fsp3) is 0.357. The van der Waals surface area contributed by atoms with Crippen LogP contribution >= 0.6 is 0 Å². The Kier molecular flexibility index (Phi) is 7.34. The molecule has 1 saturated heterocycles. The first kappa shape index (κ1) is 24.1. The molecule has 8 nitrogen and oxygen atoms in total. The number of aliphatic hydroxyl groups excluding tert-OH is 1. The van der Waals surface area contributed by atoms with Crippen molar-refractivity contribution in [3.8, 4) is 0 Å². The van der Waals surface area contributed by atoms with E-state index in [0.29, 0.717) is 12.8 Å². The normalized spacial score (nSPS) is 16.1. The van der Waals surface area contributed by atoms with Gasteiger partial charge in [-0.1, -0.05) is 36.4 Å². The molecule has 2 atom stereocenters. The summed E-state index contributed by atoms with van der Waals surface area (Å²) in [7, 11) is 0. The maximum absolute atomic E-state index is 13.5. The molecule has 0 bridgehead atoms. The van der Waals surface area contributed by atoms with Crippen LogP contribution in [0.15, 0.2) is 60.9 Å². The summed E-state index contributed by atoms with van der Waals surface area (Å²) >= 11 is 0. The number of aliphatic hydroxyl groups is 1. The van der Waals surface area contributed by atoms with Gasteiger partial charge in [-0.05, 0) is 55.6 Å². The van der Waals surface area contributed by atoms with E-state index in [-0.39, 0.29) is 24.3 Å². The van der Waals surface area contributed by atoms with Gasteiger partial charge >= 0.3 is 0 Å². The average Bonchev–Trinajstić information content (AvgIpc) is 3.52. The second kappa shape index (κ2) is 11.0. The first-order valence-corrected chi connectivity index (χ1v) is 12.6. The van der Waals surface area contributed by atoms with Crippen molar-refractivity contribution in [2.24, 2.45) is 5.92 Å². The second-order valence-corrected chi connectivity index (χ2v) is 9.60. The van der Waals surface area contributed by atoms with Gasteiger partial charge in [-0.25, -0.2) is 0 Å². The third-order valence-corrected chi connectivity index (χ3v) is 7.15. The van der Waals surface area contributed by atoms with Crippen molar-refractivity contribution in [1.82, 2.24) is 25.9 Å². The monoisotopic (exact) mass is 487 g/mol. The third-order valence-electron chi connectivity index (χ3n) is 7.15. The number of fused-ring (bicyclic) bond motifs is 2. The molecule has 0 radical (unpaired) electrons. The number of nitrogens with one attached hydrogen (secondary N) is 5. The number of rotatable bonds is 9. The predicted octanol–water partition coefficient (Wildman–Crippen LogP) is 2.40. The molecule has 1 fully saturated rings. The van der Waals surface area contributed by atoms with Crippen LogP contribution < -0.4 is 16.0 Å². The summed E-state index contributed by atoms with van der Waals surface area (Å²) < 4.78 is 0. The van der Waals surface area contributed by atoms with Crippen LogP contribution in [0.25, 0.3) is 21.8 Å². The van der Waals surface area contributed by atoms with Gasteiger partial charge in [0.1, 0.15) is 6.04 Å². The number of H-pyrrole nitrogens is 2. The molecule has 0 saturated carbocycles. The summed E-state index contributed by atoms with van der Waals surface area (Å²) in [6.07, 6.45) is 6.17. The first-order valence-electron chi connectivity index (χ1n) is 12.6. The summed E-state index contributed by atoms with van der Waals surface area (Å²) in [6, 6.07) is 14.7. The van der Waals surface area contributed by atoms with Gasteiger partial charge in [0.15, 0.2) is 0 Å². The van der Waals surface area contributed by atoms with Crippen molar-refractivity contribution in [3.05, 3.63) is 72.1 Å². The number of carbonyl (C=O) groups excluding carboxylic acids is 2. The molecule has 5 rings (SSSR count). The van der Waals surface area contributed by atoms with E-state index in [0.717, 1.165) is 58.9 Å². The molecule has 36 heavy (non-hydrogen) atoms. The lowest BCUT2D eigenvalue weighted by molar-refractivity contribution is -0.132. The third kappa shape index (κ3) is 5.29. The maximum atomic E-state index is 13.5. The van der Waals surface area contributed by atoms with Crippen molar-refractivity contribution in [3.63, 3.8) is 0 Å². The minimum Gasteiger partial charge on any atom is -0.394 e. The summed E-state index contributed by atoms with van der Waals surface area (Å²) in [6.45, 7) is 1.40. The summed E-state index contributed by atoms with van der Waals surface area (Å²) in [4.78, 5) is 33.1. The Morgan fingerprint density at radius 2 is 1.44 bits per heavy atom. The van der Waals surface area contributed by atoms with Crippen LogP contribution in [-0.2, 0) is 22.4 Å². The number of benzene rings is 2. The Morgan fingerprint density at radius 1 is 0.861 bits per heavy atom. The zero-order chi connectivity index (χ0) is 24.9. The summed E-state index contributed by atoms with van der Waals surface area (Å²) in [5.41, 5.74) is 4.00. The molecule has 2 aromatic carbocycles. The molecule has 4 aromatic rings. The van der Waals surface area contributed by atoms with E-state index in [1.165, 1.54) is 0 Å². The van der Waals surface area contributed by atoms with Gasteiger partial charge in [0.2, 0.25) is 11.8 Å². The van der Waals surface area contributed by atoms with Gasteiger partial charge in [-0.3, -0.25) is 9.59 Å². The maximum Gasteiger partial charge on any atom is 0.243 e. The lowest BCUT2D eigenvalue weighted by Crippen LogP contribution is -2.53. The SMILES string of the molecule is O=C(N[C@H](Cc1c[nH]c2ccccc12)C(=O)N[C@@H](CO)Cc1c[nH]c2ccccc12)C1CCNCC1. The van der Waals surface area contributed by atoms with Crippen LogP contribution in [0.4, 0.5) is 0 Å². The highest BCUT2D eigenvalue weighted by molar-refractivity contribution is 5.90. The minimum atomic E-state index is -0.747. The molecule has 0 spiro atoms. The second-order valence-electron chi connectivity index (χ2n) is 9.60. The van der Waals surface area contributed by atoms with Crippen molar-refractivity contribution >= 4 is 33.6 Å². The number of hydrogen-bond donors (Lipinski definition) is 6. The average molecular weight is 488 g/mol. The Balaban J connectivity index is 1.33. The van der Waals surface area contributed by atoms with E-state index < -0.39 is 12.1 Å². The van der Waals surface area contributed by atoms with Gasteiger partial charge in [0.25, 0.3) is 0 Å². The van der Waals surface area contributed by atoms with Crippen LogP contribution in [0.2, 0.25) is 0 Å². The van der Waals surface area contributed by atoms with Crippen LogP contribution in [0.3, 0.4) is 0 Å². The van der Waals surface area contributed by atoms with E-state index in [1.54, 1.807) is 0 Å². The number of para-hydroxylation sites is 2. The number of hydrogen-bond acceptors (Lipinski definition) is 4. The zero-order valence-corrected chi connectivity index (χ0v) is 20.2. The Labute approximate surface area is 209 Å². The van der Waals surface area contributed by atoms with Gasteiger partial charge in [0.05, 0.1) is 12.6 Å². The van der Waals surface area contributed by atoms with Crippen molar-refractivity contribution in [2.45, 2.75) is 37.8 Å². The molecule has 2 aromatic heterocycles. The number of piperidine rings is 1. The summed E-state index contributed by atoms with van der Waals surface area (Å²) in [5.74, 6) is -0.487. The van der Waals surface area contributed by atoms with Gasteiger partial charge in [0, 0.05) is 46.5 Å². The van der Waals surface area contributed by atoms with E-state index in [9.17, 15) is 14.7 Å². The number of carbonyl (C=O) groups is 2. The van der Waals surface area contributed by atoms with Gasteiger partial charge in [-0.2, -0.15) is 0 Å². The van der Waals surface area contributed by atoms with Crippen LogP contribution in [0, 0.1) is 5.92 Å². The number of amides is 2. The van der Waals surface area contributed by atoms with E-state index in [1.807, 2.05) is 60.9 Å². The number of aromatic amines is 2. The molecule has 0 unspecified atom stereocenters. The Bertz CT molecular complexity index is 1340. The minimum absolute atomic E-state index is 0.0892. The molecule has 8 heteroatoms. The largest absolute Gasteiger partial charge is 0.394 e. The smallest absolute Gasteiger partial charge is 0.243 e. The topological polar surface area (TPSA) is 122 Å². The Hall–Kier alpha value is -3.62. The first-order chi connectivity index (χ1) is 17.6. The molecule has 1 aliphatic rings. The standard InChI is InChI=1S/C28H33N5O3/c34-17-21(13-19-15-30-24-7-3-1-5-22(19)24)32-28(36)26(33-27(35)18-9-11-29-12-10-18)14-20-16-31-25-8-4-2-6-23(20)25/h1-8,15-16,18,21,26,29-31,34H,9-14,17H2,(H,32,36)(H,33,35)/t21-,26-/m1/s1. The molecular weight excluding hydrogens is 454 g/mol. The van der Waals surface area contributed by atoms with Crippen LogP contribution in [-0.4, -0.2) is 58.7 Å². The van der Waals surface area contributed by atoms with Crippen LogP contribution in [0.1, 0.15) is 24.0 Å². The molecule has 2 amide bonds. The highest BCUT2D eigenvalue weighted by Gasteiger charge is 2.29. The molecule has 0 aliphatic carbocycles. The molecular formula is C28H33N5O3. The fourth-order valence-electron chi connectivity index (χ4n) is 5.13.